The molecule has 0 unspecified atom stereocenters. The summed E-state index contributed by atoms with van der Waals surface area (Å²) in [6, 6.07) is 5.11. The molecule has 1 aromatic heterocycles. The van der Waals surface area contributed by atoms with Crippen LogP contribution >= 0.6 is 0 Å². The lowest BCUT2D eigenvalue weighted by Gasteiger charge is -2.20. The van der Waals surface area contributed by atoms with Crippen LogP contribution in [-0.4, -0.2) is 35.9 Å². The highest BCUT2D eigenvalue weighted by Gasteiger charge is 2.33. The van der Waals surface area contributed by atoms with Crippen LogP contribution < -0.4 is 4.74 Å². The Hall–Kier alpha value is -1.69. The summed E-state index contributed by atoms with van der Waals surface area (Å²) in [5.41, 5.74) is 2.53. The molecule has 0 spiro atoms. The fourth-order valence-corrected chi connectivity index (χ4v) is 3.35. The van der Waals surface area contributed by atoms with Crippen LogP contribution in [0.3, 0.4) is 0 Å². The number of H-pyrrole nitrogens is 1. The van der Waals surface area contributed by atoms with Gasteiger partial charge in [-0.2, -0.15) is 0 Å². The van der Waals surface area contributed by atoms with Gasteiger partial charge in [0.15, 0.2) is 0 Å². The monoisotopic (exact) mass is 312 g/mol. The van der Waals surface area contributed by atoms with E-state index in [9.17, 15) is 13.2 Å². The van der Waals surface area contributed by atoms with Gasteiger partial charge >= 0.3 is 6.36 Å². The first-order chi connectivity index (χ1) is 10.3. The van der Waals surface area contributed by atoms with Crippen molar-refractivity contribution in [1.82, 2.24) is 9.88 Å². The Labute approximate surface area is 127 Å². The van der Waals surface area contributed by atoms with Crippen molar-refractivity contribution in [2.24, 2.45) is 0 Å². The standard InChI is InChI=1S/C16H19F3N2O/c1-10-12(9-11-5-4-8-21(11)2)15-13(20-10)6-3-7-14(15)22-16(17,18)19/h3,6-7,11,20H,4-5,8-9H2,1-2H3/t11-/m1/s1. The number of ether oxygens (including phenoxy) is 1. The second kappa shape index (κ2) is 5.50. The van der Waals surface area contributed by atoms with Gasteiger partial charge in [-0.25, -0.2) is 0 Å². The molecule has 0 saturated carbocycles. The smallest absolute Gasteiger partial charge is 0.405 e. The number of benzene rings is 1. The van der Waals surface area contributed by atoms with Crippen molar-refractivity contribution in [3.05, 3.63) is 29.5 Å². The highest BCUT2D eigenvalue weighted by atomic mass is 19.4. The van der Waals surface area contributed by atoms with Gasteiger partial charge in [0.1, 0.15) is 5.75 Å². The van der Waals surface area contributed by atoms with Crippen LogP contribution in [0.1, 0.15) is 24.1 Å². The number of rotatable bonds is 3. The van der Waals surface area contributed by atoms with E-state index in [0.717, 1.165) is 37.1 Å². The topological polar surface area (TPSA) is 28.3 Å². The average Bonchev–Trinajstić information content (AvgIpc) is 2.94. The maximum atomic E-state index is 12.6. The zero-order valence-electron chi connectivity index (χ0n) is 12.6. The first-order valence-corrected chi connectivity index (χ1v) is 7.41. The summed E-state index contributed by atoms with van der Waals surface area (Å²) < 4.78 is 42.1. The minimum atomic E-state index is -4.68. The van der Waals surface area contributed by atoms with Crippen LogP contribution in [0.5, 0.6) is 5.75 Å². The van der Waals surface area contributed by atoms with Crippen LogP contribution in [0.2, 0.25) is 0 Å². The van der Waals surface area contributed by atoms with Crippen LogP contribution in [0, 0.1) is 6.92 Å². The third kappa shape index (κ3) is 2.92. The fraction of sp³-hybridized carbons (Fsp3) is 0.500. The van der Waals surface area contributed by atoms with Gasteiger partial charge in [0, 0.05) is 22.6 Å². The van der Waals surface area contributed by atoms with Gasteiger partial charge in [0.2, 0.25) is 0 Å². The van der Waals surface area contributed by atoms with Gasteiger partial charge in [-0.05, 0) is 57.5 Å². The molecule has 0 amide bonds. The number of aryl methyl sites for hydroxylation is 1. The molecule has 1 fully saturated rings. The molecule has 1 aromatic carbocycles. The van der Waals surface area contributed by atoms with Crippen molar-refractivity contribution in [1.29, 1.82) is 0 Å². The summed E-state index contributed by atoms with van der Waals surface area (Å²) >= 11 is 0. The molecule has 1 aliphatic rings. The summed E-state index contributed by atoms with van der Waals surface area (Å²) in [5.74, 6) is -0.120. The lowest BCUT2D eigenvalue weighted by molar-refractivity contribution is -0.274. The SMILES string of the molecule is Cc1[nH]c2cccc(OC(F)(F)F)c2c1C[C@H]1CCCN1C. The van der Waals surface area contributed by atoms with Crippen molar-refractivity contribution in [3.8, 4) is 5.75 Å². The maximum Gasteiger partial charge on any atom is 0.573 e. The predicted octanol–water partition coefficient (Wildman–Crippen LogP) is 4.01. The molecule has 1 N–H and O–H groups in total. The van der Waals surface area contributed by atoms with Gasteiger partial charge in [-0.3, -0.25) is 0 Å². The van der Waals surface area contributed by atoms with Crippen molar-refractivity contribution in [2.75, 3.05) is 13.6 Å². The van der Waals surface area contributed by atoms with Gasteiger partial charge < -0.3 is 14.6 Å². The molecule has 120 valence electrons. The van der Waals surface area contributed by atoms with Crippen molar-refractivity contribution < 1.29 is 17.9 Å². The lowest BCUT2D eigenvalue weighted by Crippen LogP contribution is -2.27. The average molecular weight is 312 g/mol. The number of aromatic nitrogens is 1. The first kappa shape index (κ1) is 15.2. The number of hydrogen-bond donors (Lipinski definition) is 1. The molecule has 3 rings (SSSR count). The number of likely N-dealkylation sites (N-methyl/N-ethyl adjacent to an activating group) is 1. The van der Waals surface area contributed by atoms with Gasteiger partial charge in [0.05, 0.1) is 0 Å². The fourth-order valence-electron chi connectivity index (χ4n) is 3.35. The van der Waals surface area contributed by atoms with Crippen LogP contribution in [0.25, 0.3) is 10.9 Å². The predicted molar refractivity (Wildman–Crippen MR) is 79.1 cm³/mol. The molecule has 6 heteroatoms. The Morgan fingerprint density at radius 3 is 2.77 bits per heavy atom. The van der Waals surface area contributed by atoms with Gasteiger partial charge in [-0.1, -0.05) is 6.07 Å². The molecule has 2 aromatic rings. The van der Waals surface area contributed by atoms with E-state index in [1.54, 1.807) is 12.1 Å². The number of aromatic amines is 1. The summed E-state index contributed by atoms with van der Waals surface area (Å²) in [6.45, 7) is 2.94. The van der Waals surface area contributed by atoms with E-state index in [0.29, 0.717) is 16.9 Å². The largest absolute Gasteiger partial charge is 0.573 e. The van der Waals surface area contributed by atoms with Gasteiger partial charge in [-0.15, -0.1) is 13.2 Å². The van der Waals surface area contributed by atoms with Crippen molar-refractivity contribution in [3.63, 3.8) is 0 Å². The molecule has 2 heterocycles. The molecule has 0 aliphatic carbocycles. The molecular weight excluding hydrogens is 293 g/mol. The highest BCUT2D eigenvalue weighted by molar-refractivity contribution is 5.90. The van der Waals surface area contributed by atoms with E-state index < -0.39 is 6.36 Å². The molecule has 1 aliphatic heterocycles. The third-order valence-corrected chi connectivity index (χ3v) is 4.44. The van der Waals surface area contributed by atoms with E-state index in [1.165, 1.54) is 6.07 Å². The van der Waals surface area contributed by atoms with Crippen LogP contribution in [-0.2, 0) is 6.42 Å². The number of nitrogens with zero attached hydrogens (tertiary/aromatic N) is 1. The normalized spacial score (nSPS) is 20.0. The van der Waals surface area contributed by atoms with E-state index in [2.05, 4.69) is 21.7 Å². The van der Waals surface area contributed by atoms with Crippen molar-refractivity contribution in [2.45, 2.75) is 38.6 Å². The zero-order valence-corrected chi connectivity index (χ0v) is 12.6. The number of halogens is 3. The quantitative estimate of drug-likeness (QED) is 0.927. The summed E-state index contributed by atoms with van der Waals surface area (Å²) in [7, 11) is 2.06. The molecule has 1 atom stereocenters. The highest BCUT2D eigenvalue weighted by Crippen LogP contribution is 2.36. The minimum Gasteiger partial charge on any atom is -0.405 e. The number of hydrogen-bond acceptors (Lipinski definition) is 2. The third-order valence-electron chi connectivity index (χ3n) is 4.44. The number of fused-ring (bicyclic) bond motifs is 1. The molecule has 0 bridgehead atoms. The Kier molecular flexibility index (Phi) is 3.80. The van der Waals surface area contributed by atoms with E-state index in [-0.39, 0.29) is 5.75 Å². The molecule has 22 heavy (non-hydrogen) atoms. The van der Waals surface area contributed by atoms with Crippen LogP contribution in [0.15, 0.2) is 18.2 Å². The lowest BCUT2D eigenvalue weighted by atomic mass is 10.0. The Balaban J connectivity index is 2.03. The molecule has 3 nitrogen and oxygen atoms in total. The summed E-state index contributed by atoms with van der Waals surface area (Å²) in [6.07, 6.45) is -1.74. The number of alkyl halides is 3. The van der Waals surface area contributed by atoms with Crippen molar-refractivity contribution >= 4 is 10.9 Å². The second-order valence-electron chi connectivity index (χ2n) is 5.94. The Morgan fingerprint density at radius 1 is 1.36 bits per heavy atom. The van der Waals surface area contributed by atoms with E-state index >= 15 is 0 Å². The van der Waals surface area contributed by atoms with Gasteiger partial charge in [0.25, 0.3) is 0 Å². The second-order valence-corrected chi connectivity index (χ2v) is 5.94. The van der Waals surface area contributed by atoms with Crippen LogP contribution in [0.4, 0.5) is 13.2 Å². The summed E-state index contributed by atoms with van der Waals surface area (Å²) in [5, 5.41) is 0.553. The molecule has 0 radical (unpaired) electrons. The molecule has 1 saturated heterocycles. The molecular formula is C16H19F3N2O. The van der Waals surface area contributed by atoms with E-state index in [4.69, 9.17) is 0 Å². The number of likely N-dealkylation sites (tertiary alicyclic amines) is 1. The van der Waals surface area contributed by atoms with E-state index in [1.807, 2.05) is 6.92 Å². The maximum absolute atomic E-state index is 12.6. The minimum absolute atomic E-state index is 0.120. The number of nitrogens with one attached hydrogen (secondary N) is 1. The Morgan fingerprint density at radius 2 is 2.14 bits per heavy atom. The zero-order chi connectivity index (χ0) is 15.9. The Bertz CT molecular complexity index is 678. The first-order valence-electron chi connectivity index (χ1n) is 7.41. The summed E-state index contributed by atoms with van der Waals surface area (Å²) in [4.78, 5) is 5.45.